The summed E-state index contributed by atoms with van der Waals surface area (Å²) in [6, 6.07) is 0. The largest absolute Gasteiger partial charge is 0.359 e. The Kier molecular flexibility index (Phi) is 4.81. The number of nitrogens with one attached hydrogen (secondary N) is 1. The van der Waals surface area contributed by atoms with Gasteiger partial charge in [0.05, 0.1) is 0 Å². The number of carbonyl (C=O) groups is 1. The maximum absolute atomic E-state index is 9.88. The van der Waals surface area contributed by atoms with Crippen molar-refractivity contribution < 1.29 is 4.79 Å². The van der Waals surface area contributed by atoms with Gasteiger partial charge in [0.2, 0.25) is 6.41 Å². The van der Waals surface area contributed by atoms with E-state index in [0.29, 0.717) is 0 Å². The summed E-state index contributed by atoms with van der Waals surface area (Å²) in [6.45, 7) is 0.854. The number of hydrogen-bond acceptors (Lipinski definition) is 1. The van der Waals surface area contributed by atoms with Crippen molar-refractivity contribution in [2.45, 2.75) is 44.9 Å². The Morgan fingerprint density at radius 1 is 1.17 bits per heavy atom. The van der Waals surface area contributed by atoms with Crippen LogP contribution in [0.15, 0.2) is 0 Å². The minimum atomic E-state index is 0.782. The van der Waals surface area contributed by atoms with Crippen LogP contribution in [0.2, 0.25) is 0 Å². The van der Waals surface area contributed by atoms with Crippen molar-refractivity contribution in [3.63, 3.8) is 0 Å². The number of amides is 1. The van der Waals surface area contributed by atoms with Crippen molar-refractivity contribution in [2.24, 2.45) is 5.92 Å². The zero-order valence-electron chi connectivity index (χ0n) is 7.72. The molecule has 2 heteroatoms. The van der Waals surface area contributed by atoms with E-state index in [-0.39, 0.29) is 0 Å². The van der Waals surface area contributed by atoms with E-state index in [9.17, 15) is 4.79 Å². The Bertz CT molecular complexity index is 121. The third-order valence-corrected chi connectivity index (χ3v) is 2.46. The van der Waals surface area contributed by atoms with Crippen molar-refractivity contribution in [1.82, 2.24) is 5.32 Å². The predicted octanol–water partition coefficient (Wildman–Crippen LogP) is 2.09. The fourth-order valence-corrected chi connectivity index (χ4v) is 1.48. The Morgan fingerprint density at radius 3 is 2.58 bits per heavy atom. The zero-order chi connectivity index (χ0) is 8.65. The first-order valence-electron chi connectivity index (χ1n) is 5.10. The van der Waals surface area contributed by atoms with Crippen LogP contribution < -0.4 is 5.32 Å². The molecule has 0 unspecified atom stereocenters. The lowest BCUT2D eigenvalue weighted by Gasteiger charge is -1.99. The number of carbonyl (C=O) groups excluding carboxylic acids is 1. The van der Waals surface area contributed by atoms with Crippen LogP contribution in [0.25, 0.3) is 0 Å². The van der Waals surface area contributed by atoms with Gasteiger partial charge >= 0.3 is 0 Å². The maximum atomic E-state index is 9.88. The normalized spacial score (nSPS) is 16.0. The summed E-state index contributed by atoms with van der Waals surface area (Å²) in [5.74, 6) is 1.08. The van der Waals surface area contributed by atoms with E-state index in [2.05, 4.69) is 5.32 Å². The van der Waals surface area contributed by atoms with Gasteiger partial charge in [-0.2, -0.15) is 0 Å². The molecule has 0 atom stereocenters. The van der Waals surface area contributed by atoms with Crippen molar-refractivity contribution in [3.05, 3.63) is 0 Å². The van der Waals surface area contributed by atoms with Crippen LogP contribution in [-0.2, 0) is 4.79 Å². The van der Waals surface area contributed by atoms with Crippen molar-refractivity contribution in [1.29, 1.82) is 0 Å². The van der Waals surface area contributed by atoms with E-state index >= 15 is 0 Å². The molecule has 0 saturated heterocycles. The second-order valence-electron chi connectivity index (χ2n) is 3.72. The highest BCUT2D eigenvalue weighted by atomic mass is 16.1. The third kappa shape index (κ3) is 5.16. The van der Waals surface area contributed by atoms with Gasteiger partial charge in [0.1, 0.15) is 0 Å². The lowest BCUT2D eigenvalue weighted by molar-refractivity contribution is -0.109. The van der Waals surface area contributed by atoms with Crippen LogP contribution in [0.5, 0.6) is 0 Å². The van der Waals surface area contributed by atoms with Gasteiger partial charge in [0.15, 0.2) is 0 Å². The van der Waals surface area contributed by atoms with Crippen LogP contribution in [0.3, 0.4) is 0 Å². The highest BCUT2D eigenvalue weighted by Gasteiger charge is 2.19. The SMILES string of the molecule is O=CNCCCCCCC1CC1. The monoisotopic (exact) mass is 169 g/mol. The smallest absolute Gasteiger partial charge is 0.207 e. The molecule has 70 valence electrons. The quantitative estimate of drug-likeness (QED) is 0.437. The van der Waals surface area contributed by atoms with E-state index < -0.39 is 0 Å². The Hall–Kier alpha value is -0.530. The Morgan fingerprint density at radius 2 is 1.92 bits per heavy atom. The van der Waals surface area contributed by atoms with Crippen molar-refractivity contribution in [3.8, 4) is 0 Å². The second-order valence-corrected chi connectivity index (χ2v) is 3.72. The molecule has 1 fully saturated rings. The standard InChI is InChI=1S/C10H19NO/c12-9-11-8-4-2-1-3-5-10-6-7-10/h9-10H,1-8H2,(H,11,12). The number of unbranched alkanes of at least 4 members (excludes halogenated alkanes) is 3. The molecule has 0 aromatic carbocycles. The second kappa shape index (κ2) is 6.04. The summed E-state index contributed by atoms with van der Waals surface area (Å²) in [7, 11) is 0. The molecule has 1 saturated carbocycles. The molecule has 0 radical (unpaired) electrons. The molecule has 12 heavy (non-hydrogen) atoms. The van der Waals surface area contributed by atoms with Gasteiger partial charge in [0, 0.05) is 6.54 Å². The van der Waals surface area contributed by atoms with E-state index in [1.54, 1.807) is 0 Å². The summed E-state index contributed by atoms with van der Waals surface area (Å²) in [5.41, 5.74) is 0. The summed E-state index contributed by atoms with van der Waals surface area (Å²) in [5, 5.41) is 2.68. The molecule has 2 nitrogen and oxygen atoms in total. The first kappa shape index (κ1) is 9.56. The van der Waals surface area contributed by atoms with Crippen LogP contribution in [0.4, 0.5) is 0 Å². The molecular weight excluding hydrogens is 150 g/mol. The lowest BCUT2D eigenvalue weighted by atomic mass is 10.1. The van der Waals surface area contributed by atoms with E-state index in [1.807, 2.05) is 0 Å². The topological polar surface area (TPSA) is 29.1 Å². The third-order valence-electron chi connectivity index (χ3n) is 2.46. The molecular formula is C10H19NO. The van der Waals surface area contributed by atoms with Gasteiger partial charge in [0.25, 0.3) is 0 Å². The van der Waals surface area contributed by atoms with Crippen LogP contribution in [0.1, 0.15) is 44.9 Å². The molecule has 0 aromatic heterocycles. The van der Waals surface area contributed by atoms with Crippen molar-refractivity contribution >= 4 is 6.41 Å². The molecule has 1 amide bonds. The molecule has 1 aliphatic carbocycles. The molecule has 0 spiro atoms. The summed E-state index contributed by atoms with van der Waals surface area (Å²) in [4.78, 5) is 9.88. The van der Waals surface area contributed by atoms with Gasteiger partial charge in [-0.15, -0.1) is 0 Å². The molecule has 1 rings (SSSR count). The van der Waals surface area contributed by atoms with Gasteiger partial charge in [-0.25, -0.2) is 0 Å². The summed E-state index contributed by atoms with van der Waals surface area (Å²) >= 11 is 0. The Balaban J connectivity index is 1.67. The van der Waals surface area contributed by atoms with E-state index in [1.165, 1.54) is 38.5 Å². The predicted molar refractivity (Wildman–Crippen MR) is 49.9 cm³/mol. The Labute approximate surface area is 74.7 Å². The van der Waals surface area contributed by atoms with Gasteiger partial charge in [-0.3, -0.25) is 4.79 Å². The fraction of sp³-hybridized carbons (Fsp3) is 0.900. The van der Waals surface area contributed by atoms with Crippen molar-refractivity contribution in [2.75, 3.05) is 6.54 Å². The average Bonchev–Trinajstić information content (AvgIpc) is 2.87. The fourth-order valence-electron chi connectivity index (χ4n) is 1.48. The number of hydrogen-bond donors (Lipinski definition) is 1. The van der Waals surface area contributed by atoms with E-state index in [0.717, 1.165) is 25.3 Å². The number of rotatable bonds is 8. The van der Waals surface area contributed by atoms with Crippen LogP contribution in [-0.4, -0.2) is 13.0 Å². The average molecular weight is 169 g/mol. The molecule has 0 aliphatic heterocycles. The molecule has 0 heterocycles. The highest BCUT2D eigenvalue weighted by Crippen LogP contribution is 2.33. The van der Waals surface area contributed by atoms with Gasteiger partial charge < -0.3 is 5.32 Å². The molecule has 1 aliphatic rings. The first-order valence-corrected chi connectivity index (χ1v) is 5.10. The molecule has 0 bridgehead atoms. The first-order chi connectivity index (χ1) is 5.93. The molecule has 0 aromatic rings. The van der Waals surface area contributed by atoms with E-state index in [4.69, 9.17) is 0 Å². The molecule has 1 N–H and O–H groups in total. The minimum absolute atomic E-state index is 0.782. The highest BCUT2D eigenvalue weighted by molar-refractivity contribution is 5.45. The minimum Gasteiger partial charge on any atom is -0.359 e. The zero-order valence-corrected chi connectivity index (χ0v) is 7.72. The summed E-state index contributed by atoms with van der Waals surface area (Å²) < 4.78 is 0. The van der Waals surface area contributed by atoms with Gasteiger partial charge in [-0.05, 0) is 12.3 Å². The summed E-state index contributed by atoms with van der Waals surface area (Å²) in [6.07, 6.45) is 10.3. The lowest BCUT2D eigenvalue weighted by Crippen LogP contribution is -2.11. The van der Waals surface area contributed by atoms with Gasteiger partial charge in [-0.1, -0.05) is 38.5 Å². The van der Waals surface area contributed by atoms with Crippen LogP contribution >= 0.6 is 0 Å². The van der Waals surface area contributed by atoms with Crippen LogP contribution in [0, 0.1) is 5.92 Å². The maximum Gasteiger partial charge on any atom is 0.207 e.